The molecule has 1 aliphatic heterocycles. The first kappa shape index (κ1) is 19.9. The maximum Gasteiger partial charge on any atom is 0.225 e. The highest BCUT2D eigenvalue weighted by Gasteiger charge is 2.30. The number of hydrogen-bond acceptors (Lipinski definition) is 5. The van der Waals surface area contributed by atoms with Crippen LogP contribution >= 0.6 is 0 Å². The monoisotopic (exact) mass is 385 g/mol. The summed E-state index contributed by atoms with van der Waals surface area (Å²) in [6, 6.07) is 9.48. The molecular formula is C21H27N3O4. The lowest BCUT2D eigenvalue weighted by Crippen LogP contribution is -2.45. The highest BCUT2D eigenvalue weighted by molar-refractivity contribution is 5.83. The van der Waals surface area contributed by atoms with Crippen molar-refractivity contribution in [3.05, 3.63) is 47.3 Å². The molecule has 1 atom stereocenters. The van der Waals surface area contributed by atoms with E-state index in [0.29, 0.717) is 38.2 Å². The molecule has 1 N–H and O–H groups in total. The smallest absolute Gasteiger partial charge is 0.225 e. The molecule has 0 saturated carbocycles. The van der Waals surface area contributed by atoms with E-state index in [0.717, 1.165) is 17.0 Å². The van der Waals surface area contributed by atoms with Gasteiger partial charge in [-0.1, -0.05) is 37.2 Å². The SMILES string of the molecule is COc1ccccc1CN1CC(C(=O)NCc2cc(C(C)C)no2)CCC1=O. The second-order valence-electron chi connectivity index (χ2n) is 7.41. The van der Waals surface area contributed by atoms with Crippen molar-refractivity contribution in [1.82, 2.24) is 15.4 Å². The number of ether oxygens (including phenoxy) is 1. The minimum Gasteiger partial charge on any atom is -0.496 e. The van der Waals surface area contributed by atoms with Gasteiger partial charge in [-0.3, -0.25) is 9.59 Å². The number of methoxy groups -OCH3 is 1. The van der Waals surface area contributed by atoms with E-state index < -0.39 is 0 Å². The van der Waals surface area contributed by atoms with Gasteiger partial charge in [-0.15, -0.1) is 0 Å². The van der Waals surface area contributed by atoms with Gasteiger partial charge in [-0.05, 0) is 18.4 Å². The van der Waals surface area contributed by atoms with Gasteiger partial charge in [0.05, 0.1) is 25.3 Å². The predicted molar refractivity (Wildman–Crippen MR) is 104 cm³/mol. The lowest BCUT2D eigenvalue weighted by Gasteiger charge is -2.32. The first-order valence-corrected chi connectivity index (χ1v) is 9.60. The van der Waals surface area contributed by atoms with E-state index >= 15 is 0 Å². The second-order valence-corrected chi connectivity index (χ2v) is 7.41. The van der Waals surface area contributed by atoms with Crippen LogP contribution in [0.5, 0.6) is 5.75 Å². The average Bonchev–Trinajstić information content (AvgIpc) is 3.17. The third kappa shape index (κ3) is 4.71. The van der Waals surface area contributed by atoms with Gasteiger partial charge in [0.15, 0.2) is 5.76 Å². The van der Waals surface area contributed by atoms with E-state index in [9.17, 15) is 9.59 Å². The average molecular weight is 385 g/mol. The quantitative estimate of drug-likeness (QED) is 0.792. The van der Waals surface area contributed by atoms with Crippen molar-refractivity contribution >= 4 is 11.8 Å². The fraction of sp³-hybridized carbons (Fsp3) is 0.476. The number of para-hydroxylation sites is 1. The van der Waals surface area contributed by atoms with E-state index in [1.54, 1.807) is 12.0 Å². The van der Waals surface area contributed by atoms with Crippen molar-refractivity contribution in [3.63, 3.8) is 0 Å². The topological polar surface area (TPSA) is 84.7 Å². The molecule has 0 aliphatic carbocycles. The van der Waals surface area contributed by atoms with Gasteiger partial charge in [0.2, 0.25) is 11.8 Å². The Morgan fingerprint density at radius 2 is 2.18 bits per heavy atom. The second kappa shape index (κ2) is 8.91. The Labute approximate surface area is 165 Å². The van der Waals surface area contributed by atoms with Crippen LogP contribution in [0, 0.1) is 5.92 Å². The number of likely N-dealkylation sites (tertiary alicyclic amines) is 1. The highest BCUT2D eigenvalue weighted by Crippen LogP contribution is 2.24. The van der Waals surface area contributed by atoms with Gasteiger partial charge in [-0.25, -0.2) is 0 Å². The summed E-state index contributed by atoms with van der Waals surface area (Å²) in [5.74, 6) is 1.41. The van der Waals surface area contributed by atoms with Crippen molar-refractivity contribution in [3.8, 4) is 5.75 Å². The zero-order valence-corrected chi connectivity index (χ0v) is 16.6. The molecule has 3 rings (SSSR count). The Balaban J connectivity index is 1.58. The third-order valence-electron chi connectivity index (χ3n) is 5.03. The van der Waals surface area contributed by atoms with Crippen LogP contribution in [0.4, 0.5) is 0 Å². The molecule has 0 spiro atoms. The Morgan fingerprint density at radius 1 is 1.39 bits per heavy atom. The molecule has 0 radical (unpaired) electrons. The van der Waals surface area contributed by atoms with E-state index in [-0.39, 0.29) is 23.7 Å². The van der Waals surface area contributed by atoms with E-state index in [1.807, 2.05) is 44.2 Å². The number of hydrogen-bond donors (Lipinski definition) is 1. The van der Waals surface area contributed by atoms with Crippen LogP contribution in [-0.4, -0.2) is 35.5 Å². The number of amides is 2. The van der Waals surface area contributed by atoms with Crippen LogP contribution in [0.3, 0.4) is 0 Å². The molecule has 150 valence electrons. The van der Waals surface area contributed by atoms with Crippen molar-refractivity contribution in [1.29, 1.82) is 0 Å². The number of benzene rings is 1. The minimum atomic E-state index is -0.236. The Hall–Kier alpha value is -2.83. The molecule has 1 unspecified atom stereocenters. The molecule has 1 aliphatic rings. The number of carbonyl (C=O) groups excluding carboxylic acids is 2. The molecule has 28 heavy (non-hydrogen) atoms. The highest BCUT2D eigenvalue weighted by atomic mass is 16.5. The molecule has 1 aromatic heterocycles. The van der Waals surface area contributed by atoms with Crippen molar-refractivity contribution in [2.75, 3.05) is 13.7 Å². The summed E-state index contributed by atoms with van der Waals surface area (Å²) in [6.45, 7) is 5.21. The number of rotatable bonds is 7. The lowest BCUT2D eigenvalue weighted by molar-refractivity contribution is -0.139. The van der Waals surface area contributed by atoms with E-state index in [2.05, 4.69) is 10.5 Å². The minimum absolute atomic E-state index is 0.0618. The van der Waals surface area contributed by atoms with Crippen molar-refractivity contribution < 1.29 is 18.8 Å². The Bertz CT molecular complexity index is 831. The van der Waals surface area contributed by atoms with Gasteiger partial charge >= 0.3 is 0 Å². The van der Waals surface area contributed by atoms with Crippen LogP contribution in [0.1, 0.15) is 49.6 Å². The summed E-state index contributed by atoms with van der Waals surface area (Å²) in [7, 11) is 1.61. The number of carbonyl (C=O) groups is 2. The maximum absolute atomic E-state index is 12.6. The fourth-order valence-electron chi connectivity index (χ4n) is 3.32. The number of aromatic nitrogens is 1. The van der Waals surface area contributed by atoms with E-state index in [1.165, 1.54) is 0 Å². The molecule has 2 heterocycles. The van der Waals surface area contributed by atoms with Gasteiger partial charge in [0, 0.05) is 31.1 Å². The number of nitrogens with one attached hydrogen (secondary N) is 1. The molecule has 2 amide bonds. The van der Waals surface area contributed by atoms with Gasteiger partial charge < -0.3 is 19.5 Å². The molecule has 1 aromatic carbocycles. The molecule has 1 fully saturated rings. The summed E-state index contributed by atoms with van der Waals surface area (Å²) in [6.07, 6.45) is 0.924. The fourth-order valence-corrected chi connectivity index (χ4v) is 3.32. The summed E-state index contributed by atoms with van der Waals surface area (Å²) >= 11 is 0. The molecule has 1 saturated heterocycles. The van der Waals surface area contributed by atoms with Gasteiger partial charge in [0.1, 0.15) is 5.75 Å². The molecular weight excluding hydrogens is 358 g/mol. The molecule has 7 heteroatoms. The van der Waals surface area contributed by atoms with Gasteiger partial charge in [-0.2, -0.15) is 0 Å². The zero-order chi connectivity index (χ0) is 20.1. The van der Waals surface area contributed by atoms with Crippen LogP contribution in [-0.2, 0) is 22.7 Å². The van der Waals surface area contributed by atoms with E-state index in [4.69, 9.17) is 9.26 Å². The zero-order valence-electron chi connectivity index (χ0n) is 16.6. The summed E-state index contributed by atoms with van der Waals surface area (Å²) in [4.78, 5) is 26.7. The normalized spacial score (nSPS) is 17.1. The maximum atomic E-state index is 12.6. The number of piperidine rings is 1. The lowest BCUT2D eigenvalue weighted by atomic mass is 9.96. The van der Waals surface area contributed by atoms with Crippen molar-refractivity contribution in [2.45, 2.75) is 45.7 Å². The third-order valence-corrected chi connectivity index (χ3v) is 5.03. The Morgan fingerprint density at radius 3 is 2.89 bits per heavy atom. The molecule has 7 nitrogen and oxygen atoms in total. The Kier molecular flexibility index (Phi) is 6.34. The number of nitrogens with zero attached hydrogens (tertiary/aromatic N) is 2. The summed E-state index contributed by atoms with van der Waals surface area (Å²) < 4.78 is 10.6. The van der Waals surface area contributed by atoms with Crippen molar-refractivity contribution in [2.24, 2.45) is 5.92 Å². The molecule has 0 bridgehead atoms. The van der Waals surface area contributed by atoms with Crippen LogP contribution in [0.2, 0.25) is 0 Å². The summed E-state index contributed by atoms with van der Waals surface area (Å²) in [5, 5.41) is 6.91. The van der Waals surface area contributed by atoms with Crippen LogP contribution in [0.25, 0.3) is 0 Å². The van der Waals surface area contributed by atoms with Crippen LogP contribution in [0.15, 0.2) is 34.9 Å². The van der Waals surface area contributed by atoms with Crippen LogP contribution < -0.4 is 10.1 Å². The largest absolute Gasteiger partial charge is 0.496 e. The first-order valence-electron chi connectivity index (χ1n) is 9.60. The summed E-state index contributed by atoms with van der Waals surface area (Å²) in [5.41, 5.74) is 1.80. The molecule has 2 aromatic rings. The first-order chi connectivity index (χ1) is 13.5. The standard InChI is InChI=1S/C21H27N3O4/c1-14(2)18-10-17(28-23-18)11-22-21(26)16-8-9-20(25)24(13-16)12-15-6-4-5-7-19(15)27-3/h4-7,10,14,16H,8-9,11-13H2,1-3H3,(H,22,26). The van der Waals surface area contributed by atoms with Gasteiger partial charge in [0.25, 0.3) is 0 Å². The predicted octanol–water partition coefficient (Wildman–Crippen LogP) is 2.86.